The van der Waals surface area contributed by atoms with Gasteiger partial charge < -0.3 is 19.5 Å². The minimum Gasteiger partial charge on any atom is -0.493 e. The van der Waals surface area contributed by atoms with E-state index in [1.165, 1.54) is 30.7 Å². The van der Waals surface area contributed by atoms with Crippen molar-refractivity contribution in [3.63, 3.8) is 0 Å². The first kappa shape index (κ1) is 24.4. The molecule has 0 heterocycles. The van der Waals surface area contributed by atoms with E-state index in [1.807, 2.05) is 6.92 Å². The van der Waals surface area contributed by atoms with Gasteiger partial charge in [0.2, 0.25) is 15.9 Å². The van der Waals surface area contributed by atoms with Crippen LogP contribution in [0.15, 0.2) is 23.1 Å². The summed E-state index contributed by atoms with van der Waals surface area (Å²) in [5.41, 5.74) is 0. The lowest BCUT2D eigenvalue weighted by molar-refractivity contribution is -0.121. The predicted molar refractivity (Wildman–Crippen MR) is 114 cm³/mol. The lowest BCUT2D eigenvalue weighted by atomic mass is 9.95. The van der Waals surface area contributed by atoms with Gasteiger partial charge in [0.25, 0.3) is 0 Å². The van der Waals surface area contributed by atoms with E-state index >= 15 is 0 Å². The van der Waals surface area contributed by atoms with Crippen molar-refractivity contribution in [2.75, 3.05) is 40.5 Å². The molecule has 1 aliphatic rings. The molecule has 1 fully saturated rings. The fourth-order valence-electron chi connectivity index (χ4n) is 3.64. The molecule has 1 saturated carbocycles. The average Bonchev–Trinajstić information content (AvgIpc) is 2.77. The zero-order valence-corrected chi connectivity index (χ0v) is 19.0. The van der Waals surface area contributed by atoms with Gasteiger partial charge in [-0.15, -0.1) is 0 Å². The number of ether oxygens (including phenoxy) is 3. The molecule has 0 spiro atoms. The number of methoxy groups -OCH3 is 2. The van der Waals surface area contributed by atoms with Crippen LogP contribution in [0, 0.1) is 0 Å². The molecule has 0 aliphatic heterocycles. The van der Waals surface area contributed by atoms with E-state index in [-0.39, 0.29) is 23.4 Å². The van der Waals surface area contributed by atoms with Crippen LogP contribution in [0.1, 0.15) is 45.4 Å². The first-order chi connectivity index (χ1) is 14.4. The molecule has 170 valence electrons. The number of carbonyl (C=O) groups excluding carboxylic acids is 1. The molecule has 0 atom stereocenters. The Bertz CT molecular complexity index is 778. The van der Waals surface area contributed by atoms with E-state index in [9.17, 15) is 13.2 Å². The second-order valence-electron chi connectivity index (χ2n) is 7.26. The third kappa shape index (κ3) is 6.58. The summed E-state index contributed by atoms with van der Waals surface area (Å²) in [4.78, 5) is 12.6. The van der Waals surface area contributed by atoms with Gasteiger partial charge in [-0.05, 0) is 38.3 Å². The van der Waals surface area contributed by atoms with E-state index in [0.717, 1.165) is 32.1 Å². The first-order valence-electron chi connectivity index (χ1n) is 10.5. The van der Waals surface area contributed by atoms with Crippen molar-refractivity contribution < 1.29 is 27.4 Å². The Hall–Kier alpha value is -1.84. The van der Waals surface area contributed by atoms with Crippen LogP contribution in [0.4, 0.5) is 0 Å². The van der Waals surface area contributed by atoms with Gasteiger partial charge in [0.1, 0.15) is 0 Å². The second kappa shape index (κ2) is 12.1. The second-order valence-corrected chi connectivity index (χ2v) is 9.15. The summed E-state index contributed by atoms with van der Waals surface area (Å²) in [6, 6.07) is 4.32. The molecule has 0 bridgehead atoms. The molecular formula is C21H34N2O6S. The Morgan fingerprint density at radius 3 is 2.47 bits per heavy atom. The molecule has 1 aromatic rings. The van der Waals surface area contributed by atoms with Gasteiger partial charge in [-0.2, -0.15) is 4.31 Å². The van der Waals surface area contributed by atoms with Crippen molar-refractivity contribution in [2.24, 2.45) is 0 Å². The standard InChI is InChI=1S/C21H34N2O6S/c1-4-29-14-8-13-22-21(24)16-23(17-9-6-5-7-10-17)30(25,26)18-11-12-19(27-2)20(15-18)28-3/h11-12,15,17H,4-10,13-14,16H2,1-3H3,(H,22,24). The Kier molecular flexibility index (Phi) is 9.87. The van der Waals surface area contributed by atoms with E-state index in [2.05, 4.69) is 5.32 Å². The minimum absolute atomic E-state index is 0.0925. The lowest BCUT2D eigenvalue weighted by Crippen LogP contribution is -2.47. The van der Waals surface area contributed by atoms with Crippen molar-refractivity contribution in [1.29, 1.82) is 0 Å². The molecule has 1 amide bonds. The molecule has 0 aromatic heterocycles. The van der Waals surface area contributed by atoms with E-state index in [0.29, 0.717) is 37.7 Å². The first-order valence-corrected chi connectivity index (χ1v) is 12.0. The van der Waals surface area contributed by atoms with Crippen molar-refractivity contribution in [3.8, 4) is 11.5 Å². The number of sulfonamides is 1. The molecule has 30 heavy (non-hydrogen) atoms. The van der Waals surface area contributed by atoms with Crippen molar-refractivity contribution in [1.82, 2.24) is 9.62 Å². The molecule has 2 rings (SSSR count). The van der Waals surface area contributed by atoms with E-state index < -0.39 is 10.0 Å². The summed E-state index contributed by atoms with van der Waals surface area (Å²) in [6.45, 7) is 3.36. The Balaban J connectivity index is 2.20. The summed E-state index contributed by atoms with van der Waals surface area (Å²) in [5.74, 6) is 0.483. The molecule has 1 aromatic carbocycles. The largest absolute Gasteiger partial charge is 0.493 e. The number of carbonyl (C=O) groups is 1. The summed E-state index contributed by atoms with van der Waals surface area (Å²) < 4.78 is 44.1. The van der Waals surface area contributed by atoms with Crippen LogP contribution < -0.4 is 14.8 Å². The maximum atomic E-state index is 13.5. The van der Waals surface area contributed by atoms with Crippen LogP contribution in [0.25, 0.3) is 0 Å². The van der Waals surface area contributed by atoms with Crippen molar-refractivity contribution >= 4 is 15.9 Å². The van der Waals surface area contributed by atoms with Crippen LogP contribution in [0.3, 0.4) is 0 Å². The van der Waals surface area contributed by atoms with Gasteiger partial charge in [0.15, 0.2) is 11.5 Å². The Labute approximate surface area is 179 Å². The third-order valence-corrected chi connectivity index (χ3v) is 7.13. The van der Waals surface area contributed by atoms with Gasteiger partial charge in [-0.3, -0.25) is 4.79 Å². The fourth-order valence-corrected chi connectivity index (χ4v) is 5.29. The molecular weight excluding hydrogens is 408 g/mol. The molecule has 1 N–H and O–H groups in total. The number of benzene rings is 1. The summed E-state index contributed by atoms with van der Waals surface area (Å²) in [5, 5.41) is 2.81. The SMILES string of the molecule is CCOCCCNC(=O)CN(C1CCCCC1)S(=O)(=O)c1ccc(OC)c(OC)c1. The molecule has 8 nitrogen and oxygen atoms in total. The summed E-state index contributed by atoms with van der Waals surface area (Å²) >= 11 is 0. The number of rotatable bonds is 12. The van der Waals surface area contributed by atoms with Crippen LogP contribution in [-0.2, 0) is 19.6 Å². The predicted octanol–water partition coefficient (Wildman–Crippen LogP) is 2.57. The van der Waals surface area contributed by atoms with Gasteiger partial charge in [0.05, 0.1) is 25.7 Å². The highest BCUT2D eigenvalue weighted by atomic mass is 32.2. The van der Waals surface area contributed by atoms with E-state index in [1.54, 1.807) is 6.07 Å². The topological polar surface area (TPSA) is 94.2 Å². The normalized spacial score (nSPS) is 15.2. The lowest BCUT2D eigenvalue weighted by Gasteiger charge is -2.33. The Morgan fingerprint density at radius 1 is 1.13 bits per heavy atom. The zero-order chi connectivity index (χ0) is 22.0. The number of hydrogen-bond donors (Lipinski definition) is 1. The number of hydrogen-bond acceptors (Lipinski definition) is 6. The van der Waals surface area contributed by atoms with Crippen LogP contribution in [0.5, 0.6) is 11.5 Å². The van der Waals surface area contributed by atoms with Crippen LogP contribution in [0.2, 0.25) is 0 Å². The maximum absolute atomic E-state index is 13.5. The van der Waals surface area contributed by atoms with E-state index in [4.69, 9.17) is 14.2 Å². The monoisotopic (exact) mass is 442 g/mol. The quantitative estimate of drug-likeness (QED) is 0.500. The molecule has 9 heteroatoms. The zero-order valence-electron chi connectivity index (χ0n) is 18.2. The highest BCUT2D eigenvalue weighted by molar-refractivity contribution is 7.89. The van der Waals surface area contributed by atoms with Gasteiger partial charge in [0, 0.05) is 31.9 Å². The molecule has 1 aliphatic carbocycles. The average molecular weight is 443 g/mol. The molecule has 0 saturated heterocycles. The van der Waals surface area contributed by atoms with Crippen molar-refractivity contribution in [3.05, 3.63) is 18.2 Å². The van der Waals surface area contributed by atoms with Gasteiger partial charge in [-0.25, -0.2) is 8.42 Å². The Morgan fingerprint density at radius 2 is 1.83 bits per heavy atom. The fraction of sp³-hybridized carbons (Fsp3) is 0.667. The number of nitrogens with zero attached hydrogens (tertiary/aromatic N) is 1. The smallest absolute Gasteiger partial charge is 0.243 e. The maximum Gasteiger partial charge on any atom is 0.243 e. The number of amides is 1. The minimum atomic E-state index is -3.88. The van der Waals surface area contributed by atoms with Gasteiger partial charge in [-0.1, -0.05) is 19.3 Å². The molecule has 0 unspecified atom stereocenters. The molecule has 0 radical (unpaired) electrons. The van der Waals surface area contributed by atoms with Gasteiger partial charge >= 0.3 is 0 Å². The highest BCUT2D eigenvalue weighted by Crippen LogP contribution is 2.33. The summed E-state index contributed by atoms with van der Waals surface area (Å²) in [7, 11) is -0.923. The highest BCUT2D eigenvalue weighted by Gasteiger charge is 2.34. The van der Waals surface area contributed by atoms with Crippen LogP contribution >= 0.6 is 0 Å². The summed E-state index contributed by atoms with van der Waals surface area (Å²) in [6.07, 6.45) is 5.20. The van der Waals surface area contributed by atoms with Crippen LogP contribution in [-0.4, -0.2) is 65.2 Å². The van der Waals surface area contributed by atoms with Crippen molar-refractivity contribution in [2.45, 2.75) is 56.4 Å². The number of nitrogens with one attached hydrogen (secondary N) is 1. The third-order valence-electron chi connectivity index (χ3n) is 5.23.